The van der Waals surface area contributed by atoms with Gasteiger partial charge >= 0.3 is 5.97 Å². The Kier molecular flexibility index (Phi) is 3.89. The largest absolute Gasteiger partial charge is 0.481 e. The van der Waals surface area contributed by atoms with E-state index in [0.29, 0.717) is 5.13 Å². The molecule has 1 amide bonds. The van der Waals surface area contributed by atoms with Crippen molar-refractivity contribution in [1.82, 2.24) is 4.98 Å². The van der Waals surface area contributed by atoms with Crippen LogP contribution in [0.4, 0.5) is 5.13 Å². The van der Waals surface area contributed by atoms with Crippen LogP contribution in [0.1, 0.15) is 5.56 Å². The number of anilines is 1. The minimum atomic E-state index is -1.02. The van der Waals surface area contributed by atoms with Crippen LogP contribution < -0.4 is 5.32 Å². The van der Waals surface area contributed by atoms with Gasteiger partial charge in [0.15, 0.2) is 5.13 Å². The molecule has 3 heterocycles. The normalized spacial score (nSPS) is 26.8. The average molecular weight is 356 g/mol. The summed E-state index contributed by atoms with van der Waals surface area (Å²) < 4.78 is 5.53. The fourth-order valence-electron chi connectivity index (χ4n) is 3.29. The minimum absolute atomic E-state index is 0.367. The van der Waals surface area contributed by atoms with E-state index in [1.807, 2.05) is 36.6 Å². The van der Waals surface area contributed by atoms with Crippen LogP contribution in [-0.4, -0.2) is 34.2 Å². The number of nitrogens with zero attached hydrogens (tertiary/aromatic N) is 1. The van der Waals surface area contributed by atoms with Gasteiger partial charge in [0.25, 0.3) is 0 Å². The third-order valence-electron chi connectivity index (χ3n) is 4.57. The molecule has 2 bridgehead atoms. The Labute approximate surface area is 148 Å². The van der Waals surface area contributed by atoms with Crippen molar-refractivity contribution in [3.63, 3.8) is 0 Å². The highest BCUT2D eigenvalue weighted by molar-refractivity contribution is 7.14. The van der Waals surface area contributed by atoms with Gasteiger partial charge in [-0.1, -0.05) is 42.0 Å². The highest BCUT2D eigenvalue weighted by Gasteiger charge is 2.53. The predicted octanol–water partition coefficient (Wildman–Crippen LogP) is 2.71. The van der Waals surface area contributed by atoms with Gasteiger partial charge in [-0.3, -0.25) is 9.59 Å². The van der Waals surface area contributed by atoms with Gasteiger partial charge in [0.2, 0.25) is 5.91 Å². The molecule has 1 aromatic carbocycles. The summed E-state index contributed by atoms with van der Waals surface area (Å²) in [4.78, 5) is 28.5. The van der Waals surface area contributed by atoms with Crippen LogP contribution in [0.3, 0.4) is 0 Å². The Morgan fingerprint density at radius 2 is 1.84 bits per heavy atom. The average Bonchev–Trinajstić information content (AvgIpc) is 3.30. The van der Waals surface area contributed by atoms with E-state index in [1.165, 1.54) is 11.3 Å². The monoisotopic (exact) mass is 356 g/mol. The topological polar surface area (TPSA) is 88.5 Å². The lowest BCUT2D eigenvalue weighted by molar-refractivity contribution is -0.145. The van der Waals surface area contributed by atoms with Crippen molar-refractivity contribution in [2.24, 2.45) is 11.8 Å². The molecule has 1 saturated heterocycles. The van der Waals surface area contributed by atoms with E-state index >= 15 is 0 Å². The lowest BCUT2D eigenvalue weighted by Crippen LogP contribution is -2.39. The van der Waals surface area contributed by atoms with E-state index in [1.54, 1.807) is 12.2 Å². The van der Waals surface area contributed by atoms with Crippen LogP contribution >= 0.6 is 11.3 Å². The number of ether oxygens (including phenoxy) is 1. The quantitative estimate of drug-likeness (QED) is 0.823. The number of benzene rings is 1. The SMILES string of the molecule is Cc1ccc(-c2csc(NC(=O)[C@@H]3[C@@H](C(=O)O)[C@@H]4C=C[C@@H]3O4)n2)cc1. The molecule has 2 aromatic rings. The summed E-state index contributed by atoms with van der Waals surface area (Å²) in [6, 6.07) is 7.96. The molecule has 0 spiro atoms. The van der Waals surface area contributed by atoms with Crippen molar-refractivity contribution in [3.8, 4) is 11.3 Å². The first-order valence-electron chi connectivity index (χ1n) is 7.93. The van der Waals surface area contributed by atoms with E-state index in [0.717, 1.165) is 16.8 Å². The zero-order valence-corrected chi connectivity index (χ0v) is 14.2. The molecule has 0 aliphatic carbocycles. The molecular formula is C18H16N2O4S. The molecule has 25 heavy (non-hydrogen) atoms. The molecule has 128 valence electrons. The third-order valence-corrected chi connectivity index (χ3v) is 5.33. The van der Waals surface area contributed by atoms with Crippen molar-refractivity contribution in [2.45, 2.75) is 19.1 Å². The number of amides is 1. The van der Waals surface area contributed by atoms with Crippen LogP contribution in [0.2, 0.25) is 0 Å². The molecule has 2 N–H and O–H groups in total. The van der Waals surface area contributed by atoms with Gasteiger partial charge in [0, 0.05) is 10.9 Å². The number of aliphatic carboxylic acids is 1. The van der Waals surface area contributed by atoms with E-state index in [9.17, 15) is 14.7 Å². The number of carbonyl (C=O) groups is 2. The van der Waals surface area contributed by atoms with Crippen molar-refractivity contribution >= 4 is 28.3 Å². The Morgan fingerprint density at radius 1 is 1.16 bits per heavy atom. The third kappa shape index (κ3) is 2.85. The first kappa shape index (κ1) is 16.0. The second-order valence-corrected chi connectivity index (χ2v) is 7.09. The van der Waals surface area contributed by atoms with Crippen LogP contribution in [-0.2, 0) is 14.3 Å². The molecule has 2 aliphatic rings. The fraction of sp³-hybridized carbons (Fsp3) is 0.278. The van der Waals surface area contributed by atoms with Crippen molar-refractivity contribution in [1.29, 1.82) is 0 Å². The van der Waals surface area contributed by atoms with E-state index in [2.05, 4.69) is 10.3 Å². The van der Waals surface area contributed by atoms with Crippen LogP contribution in [0.5, 0.6) is 0 Å². The summed E-state index contributed by atoms with van der Waals surface area (Å²) in [7, 11) is 0. The first-order valence-corrected chi connectivity index (χ1v) is 8.81. The second kappa shape index (κ2) is 6.09. The van der Waals surface area contributed by atoms with Gasteiger partial charge in [-0.2, -0.15) is 0 Å². The van der Waals surface area contributed by atoms with Gasteiger partial charge < -0.3 is 15.2 Å². The highest BCUT2D eigenvalue weighted by Crippen LogP contribution is 2.40. The fourth-order valence-corrected chi connectivity index (χ4v) is 4.01. The lowest BCUT2D eigenvalue weighted by atomic mass is 9.82. The molecule has 7 heteroatoms. The number of nitrogens with one attached hydrogen (secondary N) is 1. The number of hydrogen-bond acceptors (Lipinski definition) is 5. The summed E-state index contributed by atoms with van der Waals surface area (Å²) >= 11 is 1.32. The number of fused-ring (bicyclic) bond motifs is 2. The van der Waals surface area contributed by atoms with Gasteiger partial charge in [0.05, 0.1) is 23.8 Å². The number of hydrogen-bond donors (Lipinski definition) is 2. The number of carboxylic acids is 1. The standard InChI is InChI=1S/C18H16N2O4S/c1-9-2-4-10(5-3-9)11-8-25-18(19-11)20-16(21)14-12-6-7-13(24-12)15(14)17(22)23/h2-8,12-15H,1H3,(H,22,23)(H,19,20,21)/t12-,13-,14-,15-/m0/s1. The maximum absolute atomic E-state index is 12.6. The molecule has 0 unspecified atom stereocenters. The minimum Gasteiger partial charge on any atom is -0.481 e. The van der Waals surface area contributed by atoms with E-state index in [4.69, 9.17) is 4.74 Å². The number of aromatic nitrogens is 1. The molecule has 4 atom stereocenters. The number of carbonyl (C=O) groups excluding carboxylic acids is 1. The zero-order chi connectivity index (χ0) is 17.6. The summed E-state index contributed by atoms with van der Waals surface area (Å²) in [5.41, 5.74) is 2.91. The summed E-state index contributed by atoms with van der Waals surface area (Å²) in [6.45, 7) is 2.02. The predicted molar refractivity (Wildman–Crippen MR) is 93.3 cm³/mol. The molecule has 2 aliphatic heterocycles. The maximum atomic E-state index is 12.6. The number of rotatable bonds is 4. The Balaban J connectivity index is 1.51. The smallest absolute Gasteiger partial charge is 0.310 e. The molecular weight excluding hydrogens is 340 g/mol. The van der Waals surface area contributed by atoms with Crippen LogP contribution in [0.25, 0.3) is 11.3 Å². The van der Waals surface area contributed by atoms with Crippen molar-refractivity contribution in [3.05, 3.63) is 47.4 Å². The Hall–Kier alpha value is -2.51. The summed E-state index contributed by atoms with van der Waals surface area (Å²) in [6.07, 6.45) is 2.46. The second-order valence-electron chi connectivity index (χ2n) is 6.23. The van der Waals surface area contributed by atoms with Gasteiger partial charge in [-0.25, -0.2) is 4.98 Å². The van der Waals surface area contributed by atoms with Crippen LogP contribution in [0.15, 0.2) is 41.8 Å². The Morgan fingerprint density at radius 3 is 2.52 bits per heavy atom. The number of carboxylic acid groups (broad SMARTS) is 1. The molecule has 6 nitrogen and oxygen atoms in total. The molecule has 0 saturated carbocycles. The maximum Gasteiger partial charge on any atom is 0.310 e. The summed E-state index contributed by atoms with van der Waals surface area (Å²) in [5.74, 6) is -2.98. The molecule has 0 radical (unpaired) electrons. The molecule has 1 aromatic heterocycles. The summed E-state index contributed by atoms with van der Waals surface area (Å²) in [5, 5.41) is 14.5. The zero-order valence-electron chi connectivity index (χ0n) is 13.4. The Bertz CT molecular complexity index is 858. The highest BCUT2D eigenvalue weighted by atomic mass is 32.1. The number of aryl methyl sites for hydroxylation is 1. The van der Waals surface area contributed by atoms with Gasteiger partial charge in [-0.15, -0.1) is 11.3 Å². The van der Waals surface area contributed by atoms with Crippen molar-refractivity contribution < 1.29 is 19.4 Å². The van der Waals surface area contributed by atoms with Gasteiger partial charge in [-0.05, 0) is 6.92 Å². The van der Waals surface area contributed by atoms with E-state index in [-0.39, 0.29) is 5.91 Å². The van der Waals surface area contributed by atoms with Crippen molar-refractivity contribution in [2.75, 3.05) is 5.32 Å². The van der Waals surface area contributed by atoms with E-state index < -0.39 is 30.0 Å². The first-order chi connectivity index (χ1) is 12.0. The lowest BCUT2D eigenvalue weighted by Gasteiger charge is -2.20. The molecule has 4 rings (SSSR count). The van der Waals surface area contributed by atoms with Gasteiger partial charge in [0.1, 0.15) is 5.92 Å². The molecule has 1 fully saturated rings. The number of thiazole rings is 1. The van der Waals surface area contributed by atoms with Crippen LogP contribution in [0, 0.1) is 18.8 Å².